The van der Waals surface area contributed by atoms with Gasteiger partial charge in [-0.1, -0.05) is 12.1 Å². The first kappa shape index (κ1) is 14.9. The highest BCUT2D eigenvalue weighted by molar-refractivity contribution is 5.69. The van der Waals surface area contributed by atoms with Gasteiger partial charge >= 0.3 is 0 Å². The van der Waals surface area contributed by atoms with Gasteiger partial charge in [-0.2, -0.15) is 0 Å². The Kier molecular flexibility index (Phi) is 4.68. The van der Waals surface area contributed by atoms with E-state index >= 15 is 0 Å². The SMILES string of the molecule is COc1ccc(C2=CCC(OC)(OC)CC2)cc1OC. The third-order valence-corrected chi connectivity index (χ3v) is 3.93. The molecule has 4 heteroatoms. The number of rotatable bonds is 5. The molecule has 4 nitrogen and oxygen atoms in total. The molecule has 0 fully saturated rings. The molecule has 0 bridgehead atoms. The van der Waals surface area contributed by atoms with Gasteiger partial charge in [0.2, 0.25) is 0 Å². The lowest BCUT2D eigenvalue weighted by Gasteiger charge is -2.33. The highest BCUT2D eigenvalue weighted by atomic mass is 16.7. The zero-order valence-corrected chi connectivity index (χ0v) is 12.6. The molecule has 0 amide bonds. The van der Waals surface area contributed by atoms with Crippen LogP contribution in [0.3, 0.4) is 0 Å². The Labute approximate surface area is 120 Å². The van der Waals surface area contributed by atoms with Gasteiger partial charge < -0.3 is 18.9 Å². The van der Waals surface area contributed by atoms with Crippen molar-refractivity contribution >= 4 is 5.57 Å². The quantitative estimate of drug-likeness (QED) is 0.775. The first-order valence-corrected chi connectivity index (χ1v) is 6.70. The number of ether oxygens (including phenoxy) is 4. The van der Waals surface area contributed by atoms with E-state index in [0.29, 0.717) is 0 Å². The topological polar surface area (TPSA) is 36.9 Å². The average molecular weight is 278 g/mol. The maximum absolute atomic E-state index is 5.48. The summed E-state index contributed by atoms with van der Waals surface area (Å²) in [5, 5.41) is 0. The second-order valence-electron chi connectivity index (χ2n) is 4.82. The number of hydrogen-bond donors (Lipinski definition) is 0. The maximum Gasteiger partial charge on any atom is 0.171 e. The molecule has 0 spiro atoms. The zero-order valence-electron chi connectivity index (χ0n) is 12.6. The molecule has 1 aliphatic carbocycles. The van der Waals surface area contributed by atoms with Crippen molar-refractivity contribution in [3.8, 4) is 11.5 Å². The fourth-order valence-corrected chi connectivity index (χ4v) is 2.56. The van der Waals surface area contributed by atoms with Crippen molar-refractivity contribution in [3.63, 3.8) is 0 Å². The van der Waals surface area contributed by atoms with E-state index in [1.807, 2.05) is 12.1 Å². The molecular weight excluding hydrogens is 256 g/mol. The van der Waals surface area contributed by atoms with Gasteiger partial charge in [-0.05, 0) is 29.7 Å². The molecule has 0 aromatic heterocycles. The molecular formula is C16H22O4. The van der Waals surface area contributed by atoms with Gasteiger partial charge in [-0.3, -0.25) is 0 Å². The van der Waals surface area contributed by atoms with Crippen LogP contribution in [0.1, 0.15) is 24.8 Å². The fourth-order valence-electron chi connectivity index (χ4n) is 2.56. The average Bonchev–Trinajstić information content (AvgIpc) is 2.54. The molecule has 0 saturated carbocycles. The van der Waals surface area contributed by atoms with Crippen molar-refractivity contribution in [2.75, 3.05) is 28.4 Å². The van der Waals surface area contributed by atoms with Crippen molar-refractivity contribution in [1.29, 1.82) is 0 Å². The van der Waals surface area contributed by atoms with E-state index in [9.17, 15) is 0 Å². The summed E-state index contributed by atoms with van der Waals surface area (Å²) in [6.07, 6.45) is 4.69. The highest BCUT2D eigenvalue weighted by Gasteiger charge is 2.31. The summed E-state index contributed by atoms with van der Waals surface area (Å²) >= 11 is 0. The van der Waals surface area contributed by atoms with Gasteiger partial charge in [0, 0.05) is 27.1 Å². The van der Waals surface area contributed by atoms with Crippen LogP contribution in [0.15, 0.2) is 24.3 Å². The van der Waals surface area contributed by atoms with Crippen LogP contribution in [0.25, 0.3) is 5.57 Å². The molecule has 2 rings (SSSR count). The number of methoxy groups -OCH3 is 4. The first-order valence-electron chi connectivity index (χ1n) is 6.70. The van der Waals surface area contributed by atoms with Gasteiger partial charge in [0.15, 0.2) is 17.3 Å². The van der Waals surface area contributed by atoms with Crippen molar-refractivity contribution in [1.82, 2.24) is 0 Å². The van der Waals surface area contributed by atoms with Crippen molar-refractivity contribution in [3.05, 3.63) is 29.8 Å². The molecule has 0 radical (unpaired) electrons. The van der Waals surface area contributed by atoms with Gasteiger partial charge in [-0.15, -0.1) is 0 Å². The molecule has 110 valence electrons. The van der Waals surface area contributed by atoms with E-state index in [2.05, 4.69) is 12.1 Å². The van der Waals surface area contributed by atoms with Crippen LogP contribution in [-0.4, -0.2) is 34.2 Å². The Balaban J connectivity index is 2.23. The zero-order chi connectivity index (χ0) is 14.6. The Morgan fingerprint density at radius 2 is 1.65 bits per heavy atom. The lowest BCUT2D eigenvalue weighted by molar-refractivity contribution is -0.208. The molecule has 1 aromatic carbocycles. The van der Waals surface area contributed by atoms with E-state index in [4.69, 9.17) is 18.9 Å². The van der Waals surface area contributed by atoms with E-state index in [1.165, 1.54) is 5.57 Å². The van der Waals surface area contributed by atoms with Gasteiger partial charge in [0.1, 0.15) is 0 Å². The largest absolute Gasteiger partial charge is 0.493 e. The molecule has 0 unspecified atom stereocenters. The standard InChI is InChI=1S/C16H22O4/c1-17-14-6-5-13(11-15(14)18-2)12-7-9-16(19-3,20-4)10-8-12/h5-7,11H,8-10H2,1-4H3. The van der Waals surface area contributed by atoms with E-state index in [1.54, 1.807) is 28.4 Å². The van der Waals surface area contributed by atoms with Crippen LogP contribution < -0.4 is 9.47 Å². The summed E-state index contributed by atoms with van der Waals surface area (Å²) in [5.41, 5.74) is 2.44. The monoisotopic (exact) mass is 278 g/mol. The second-order valence-corrected chi connectivity index (χ2v) is 4.82. The van der Waals surface area contributed by atoms with Crippen LogP contribution in [0, 0.1) is 0 Å². The molecule has 0 aliphatic heterocycles. The van der Waals surface area contributed by atoms with E-state index < -0.39 is 5.79 Å². The van der Waals surface area contributed by atoms with Crippen LogP contribution >= 0.6 is 0 Å². The summed E-state index contributed by atoms with van der Waals surface area (Å²) in [7, 11) is 6.68. The van der Waals surface area contributed by atoms with E-state index in [-0.39, 0.29) is 0 Å². The molecule has 0 atom stereocenters. The van der Waals surface area contributed by atoms with Gasteiger partial charge in [0.25, 0.3) is 0 Å². The third kappa shape index (κ3) is 2.81. The lowest BCUT2D eigenvalue weighted by atomic mass is 9.89. The minimum Gasteiger partial charge on any atom is -0.493 e. The summed E-state index contributed by atoms with van der Waals surface area (Å²) in [6, 6.07) is 6.00. The minimum atomic E-state index is -0.472. The molecule has 1 aromatic rings. The highest BCUT2D eigenvalue weighted by Crippen LogP contribution is 2.37. The second kappa shape index (κ2) is 6.29. The summed E-state index contributed by atoms with van der Waals surface area (Å²) < 4.78 is 21.6. The lowest BCUT2D eigenvalue weighted by Crippen LogP contribution is -2.34. The molecule has 0 N–H and O–H groups in total. The Morgan fingerprint density at radius 3 is 2.15 bits per heavy atom. The summed E-state index contributed by atoms with van der Waals surface area (Å²) in [5.74, 6) is 1.03. The predicted molar refractivity (Wildman–Crippen MR) is 78.1 cm³/mol. The molecule has 20 heavy (non-hydrogen) atoms. The normalized spacial score (nSPS) is 17.5. The smallest absolute Gasteiger partial charge is 0.171 e. The maximum atomic E-state index is 5.48. The Hall–Kier alpha value is -1.52. The molecule has 1 aliphatic rings. The molecule has 0 heterocycles. The van der Waals surface area contributed by atoms with Crippen molar-refractivity contribution in [2.45, 2.75) is 25.0 Å². The molecule has 0 saturated heterocycles. The van der Waals surface area contributed by atoms with Crippen molar-refractivity contribution < 1.29 is 18.9 Å². The fraction of sp³-hybridized carbons (Fsp3) is 0.500. The summed E-state index contributed by atoms with van der Waals surface area (Å²) in [6.45, 7) is 0. The summed E-state index contributed by atoms with van der Waals surface area (Å²) in [4.78, 5) is 0. The van der Waals surface area contributed by atoms with Gasteiger partial charge in [0.05, 0.1) is 14.2 Å². The van der Waals surface area contributed by atoms with Crippen LogP contribution in [0.5, 0.6) is 11.5 Å². The minimum absolute atomic E-state index is 0.472. The number of allylic oxidation sites excluding steroid dienone is 1. The number of hydrogen-bond acceptors (Lipinski definition) is 4. The first-order chi connectivity index (χ1) is 9.68. The Morgan fingerprint density at radius 1 is 0.950 bits per heavy atom. The van der Waals surface area contributed by atoms with Gasteiger partial charge in [-0.25, -0.2) is 0 Å². The predicted octanol–water partition coefficient (Wildman–Crippen LogP) is 3.26. The van der Waals surface area contributed by atoms with Crippen LogP contribution in [-0.2, 0) is 9.47 Å². The van der Waals surface area contributed by atoms with Crippen LogP contribution in [0.4, 0.5) is 0 Å². The van der Waals surface area contributed by atoms with Crippen LogP contribution in [0.2, 0.25) is 0 Å². The third-order valence-electron chi connectivity index (χ3n) is 3.93. The Bertz CT molecular complexity index is 489. The number of benzene rings is 1. The van der Waals surface area contributed by atoms with E-state index in [0.717, 1.165) is 36.3 Å². The van der Waals surface area contributed by atoms with Crippen molar-refractivity contribution in [2.24, 2.45) is 0 Å².